The molecule has 0 atom stereocenters. The number of nitro benzene ring substituents is 1. The van der Waals surface area contributed by atoms with E-state index in [-0.39, 0.29) is 23.6 Å². The highest BCUT2D eigenvalue weighted by Gasteiger charge is 2.22. The fourth-order valence-electron chi connectivity index (χ4n) is 1.54. The predicted molar refractivity (Wildman–Crippen MR) is 72.4 cm³/mol. The normalized spacial score (nSPS) is 11.2. The summed E-state index contributed by atoms with van der Waals surface area (Å²) in [5, 5.41) is 10.8. The zero-order valence-electron chi connectivity index (χ0n) is 11.7. The van der Waals surface area contributed by atoms with E-state index in [0.29, 0.717) is 6.61 Å². The summed E-state index contributed by atoms with van der Waals surface area (Å²) in [6, 6.07) is 4.56. The molecule has 19 heavy (non-hydrogen) atoms. The van der Waals surface area contributed by atoms with Crippen molar-refractivity contribution in [3.8, 4) is 5.75 Å². The lowest BCUT2D eigenvalue weighted by Gasteiger charge is -2.16. The number of benzene rings is 1. The molecule has 0 bridgehead atoms. The molecule has 1 aromatic carbocycles. The SMILES string of the molecule is CCOc1cc(CC(=O)C(C)(C)C)ccc1[N+](=O)[O-]. The molecular weight excluding hydrogens is 246 g/mol. The predicted octanol–water partition coefficient (Wildman–Crippen LogP) is 3.15. The van der Waals surface area contributed by atoms with Crippen LogP contribution in [0.2, 0.25) is 0 Å². The lowest BCUT2D eigenvalue weighted by Crippen LogP contribution is -2.22. The van der Waals surface area contributed by atoms with Crippen molar-refractivity contribution in [3.05, 3.63) is 33.9 Å². The highest BCUT2D eigenvalue weighted by atomic mass is 16.6. The first-order valence-electron chi connectivity index (χ1n) is 6.19. The van der Waals surface area contributed by atoms with Crippen LogP contribution in [0.3, 0.4) is 0 Å². The Balaban J connectivity index is 3.02. The molecule has 104 valence electrons. The van der Waals surface area contributed by atoms with E-state index >= 15 is 0 Å². The number of nitro groups is 1. The van der Waals surface area contributed by atoms with E-state index in [1.165, 1.54) is 6.07 Å². The van der Waals surface area contributed by atoms with Gasteiger partial charge in [-0.15, -0.1) is 0 Å². The van der Waals surface area contributed by atoms with E-state index in [1.54, 1.807) is 19.1 Å². The molecule has 0 aliphatic rings. The Kier molecular flexibility index (Phi) is 4.64. The lowest BCUT2D eigenvalue weighted by atomic mass is 9.87. The molecular formula is C14H19NO4. The van der Waals surface area contributed by atoms with Gasteiger partial charge in [-0.25, -0.2) is 0 Å². The summed E-state index contributed by atoms with van der Waals surface area (Å²) in [5.74, 6) is 0.301. The highest BCUT2D eigenvalue weighted by Crippen LogP contribution is 2.29. The molecule has 5 nitrogen and oxygen atoms in total. The maximum absolute atomic E-state index is 11.9. The van der Waals surface area contributed by atoms with Gasteiger partial charge in [-0.1, -0.05) is 26.8 Å². The van der Waals surface area contributed by atoms with Crippen LogP contribution in [0.1, 0.15) is 33.3 Å². The second-order valence-electron chi connectivity index (χ2n) is 5.34. The Morgan fingerprint density at radius 2 is 2.00 bits per heavy atom. The number of nitrogens with zero attached hydrogens (tertiary/aromatic N) is 1. The third-order valence-corrected chi connectivity index (χ3v) is 2.72. The molecule has 0 heterocycles. The Morgan fingerprint density at radius 1 is 1.37 bits per heavy atom. The molecule has 0 radical (unpaired) electrons. The summed E-state index contributed by atoms with van der Waals surface area (Å²) >= 11 is 0. The molecule has 1 rings (SSSR count). The van der Waals surface area contributed by atoms with Gasteiger partial charge in [0.25, 0.3) is 0 Å². The zero-order chi connectivity index (χ0) is 14.6. The second-order valence-corrected chi connectivity index (χ2v) is 5.34. The van der Waals surface area contributed by atoms with Crippen LogP contribution in [0.5, 0.6) is 5.75 Å². The van der Waals surface area contributed by atoms with Crippen molar-refractivity contribution in [1.29, 1.82) is 0 Å². The van der Waals surface area contributed by atoms with Crippen molar-refractivity contribution in [2.45, 2.75) is 34.1 Å². The molecule has 0 saturated heterocycles. The molecule has 0 N–H and O–H groups in total. The molecule has 0 aliphatic heterocycles. The minimum absolute atomic E-state index is 0.0752. The zero-order valence-corrected chi connectivity index (χ0v) is 11.7. The molecule has 0 saturated carbocycles. The van der Waals surface area contributed by atoms with Gasteiger partial charge < -0.3 is 4.74 Å². The molecule has 5 heteroatoms. The minimum atomic E-state index is -0.486. The van der Waals surface area contributed by atoms with Gasteiger partial charge in [0.2, 0.25) is 0 Å². The summed E-state index contributed by atoms with van der Waals surface area (Å²) < 4.78 is 5.25. The molecule has 0 aliphatic carbocycles. The van der Waals surface area contributed by atoms with Crippen molar-refractivity contribution >= 4 is 11.5 Å². The van der Waals surface area contributed by atoms with E-state index in [2.05, 4.69) is 0 Å². The number of rotatable bonds is 5. The van der Waals surface area contributed by atoms with E-state index < -0.39 is 10.3 Å². The average Bonchev–Trinajstić information content (AvgIpc) is 2.28. The first-order chi connectivity index (χ1) is 8.75. The number of ether oxygens (including phenoxy) is 1. The van der Waals surface area contributed by atoms with E-state index in [4.69, 9.17) is 4.74 Å². The standard InChI is InChI=1S/C14H19NO4/c1-5-19-12-8-10(6-7-11(12)15(17)18)9-13(16)14(2,3)4/h6-8H,5,9H2,1-4H3. The Labute approximate surface area is 112 Å². The summed E-state index contributed by atoms with van der Waals surface area (Å²) in [5.41, 5.74) is 0.232. The van der Waals surface area contributed by atoms with E-state index in [1.807, 2.05) is 20.8 Å². The van der Waals surface area contributed by atoms with Gasteiger partial charge >= 0.3 is 5.69 Å². The Morgan fingerprint density at radius 3 is 2.47 bits per heavy atom. The Bertz CT molecular complexity index is 489. The van der Waals surface area contributed by atoms with Crippen molar-refractivity contribution in [3.63, 3.8) is 0 Å². The smallest absolute Gasteiger partial charge is 0.310 e. The molecule has 1 aromatic rings. The Hall–Kier alpha value is -1.91. The van der Waals surface area contributed by atoms with Gasteiger partial charge in [0.1, 0.15) is 5.78 Å². The number of hydrogen-bond acceptors (Lipinski definition) is 4. The summed E-state index contributed by atoms with van der Waals surface area (Å²) in [6.45, 7) is 7.66. The minimum Gasteiger partial charge on any atom is -0.487 e. The van der Waals surface area contributed by atoms with Crippen molar-refractivity contribution in [2.24, 2.45) is 5.41 Å². The quantitative estimate of drug-likeness (QED) is 0.605. The molecule has 0 amide bonds. The van der Waals surface area contributed by atoms with Crippen LogP contribution in [0.25, 0.3) is 0 Å². The first-order valence-corrected chi connectivity index (χ1v) is 6.19. The number of carbonyl (C=O) groups excluding carboxylic acids is 1. The largest absolute Gasteiger partial charge is 0.487 e. The number of Topliss-reactive ketones (excluding diaryl/α,β-unsaturated/α-hetero) is 1. The second kappa shape index (κ2) is 5.82. The van der Waals surface area contributed by atoms with E-state index in [9.17, 15) is 14.9 Å². The van der Waals surface area contributed by atoms with Crippen LogP contribution < -0.4 is 4.74 Å². The highest BCUT2D eigenvalue weighted by molar-refractivity contribution is 5.85. The summed E-state index contributed by atoms with van der Waals surface area (Å²) in [7, 11) is 0. The molecule has 0 unspecified atom stereocenters. The van der Waals surface area contributed by atoms with Gasteiger partial charge in [-0.3, -0.25) is 14.9 Å². The van der Waals surface area contributed by atoms with Gasteiger partial charge in [-0.2, -0.15) is 0 Å². The number of hydrogen-bond donors (Lipinski definition) is 0. The first kappa shape index (κ1) is 15.1. The summed E-state index contributed by atoms with van der Waals surface area (Å²) in [4.78, 5) is 22.3. The van der Waals surface area contributed by atoms with Gasteiger partial charge in [-0.05, 0) is 18.6 Å². The third kappa shape index (κ3) is 4.05. The van der Waals surface area contributed by atoms with Crippen LogP contribution in [0.15, 0.2) is 18.2 Å². The van der Waals surface area contributed by atoms with Gasteiger partial charge in [0.05, 0.1) is 11.5 Å². The lowest BCUT2D eigenvalue weighted by molar-refractivity contribution is -0.385. The van der Waals surface area contributed by atoms with Crippen LogP contribution in [-0.2, 0) is 11.2 Å². The van der Waals surface area contributed by atoms with Gasteiger partial charge in [0.15, 0.2) is 5.75 Å². The third-order valence-electron chi connectivity index (χ3n) is 2.72. The molecule has 0 spiro atoms. The maximum Gasteiger partial charge on any atom is 0.310 e. The van der Waals surface area contributed by atoms with Crippen molar-refractivity contribution in [1.82, 2.24) is 0 Å². The number of ketones is 1. The van der Waals surface area contributed by atoms with Crippen LogP contribution in [-0.4, -0.2) is 17.3 Å². The molecule has 0 aromatic heterocycles. The van der Waals surface area contributed by atoms with Gasteiger partial charge in [0, 0.05) is 17.9 Å². The van der Waals surface area contributed by atoms with Crippen LogP contribution in [0.4, 0.5) is 5.69 Å². The fourth-order valence-corrected chi connectivity index (χ4v) is 1.54. The van der Waals surface area contributed by atoms with Crippen molar-refractivity contribution in [2.75, 3.05) is 6.61 Å². The van der Waals surface area contributed by atoms with Crippen LogP contribution >= 0.6 is 0 Å². The topological polar surface area (TPSA) is 69.4 Å². The van der Waals surface area contributed by atoms with Crippen molar-refractivity contribution < 1.29 is 14.5 Å². The van der Waals surface area contributed by atoms with E-state index in [0.717, 1.165) is 5.56 Å². The maximum atomic E-state index is 11.9. The van der Waals surface area contributed by atoms with Crippen LogP contribution in [0, 0.1) is 15.5 Å². The molecule has 0 fully saturated rings. The summed E-state index contributed by atoms with van der Waals surface area (Å²) in [6.07, 6.45) is 0.252. The number of carbonyl (C=O) groups is 1. The monoisotopic (exact) mass is 265 g/mol. The average molecular weight is 265 g/mol. The fraction of sp³-hybridized carbons (Fsp3) is 0.500.